The molecule has 26 heavy (non-hydrogen) atoms. The highest BCUT2D eigenvalue weighted by Crippen LogP contribution is 2.35. The summed E-state index contributed by atoms with van der Waals surface area (Å²) in [4.78, 5) is 16.9. The van der Waals surface area contributed by atoms with E-state index in [0.717, 1.165) is 19.4 Å². The maximum Gasteiger partial charge on any atom is 0.222 e. The topological polar surface area (TPSA) is 35.6 Å². The summed E-state index contributed by atoms with van der Waals surface area (Å²) in [6.07, 6.45) is 2.74. The molecule has 1 saturated heterocycles. The lowest BCUT2D eigenvalue weighted by Crippen LogP contribution is -2.58. The Balaban J connectivity index is 2.00. The average molecular weight is 360 g/mol. The van der Waals surface area contributed by atoms with E-state index in [4.69, 9.17) is 0 Å². The SMILES string of the molecule is CN(C)Cc1ccccc1CN(C)C(=O)CC1CC(C)(C)NC(C)(C)C1. The third-order valence-corrected chi connectivity index (χ3v) is 5.18. The predicted octanol–water partition coefficient (Wildman–Crippen LogP) is 3.65. The van der Waals surface area contributed by atoms with Crippen LogP contribution >= 0.6 is 0 Å². The molecule has 146 valence electrons. The molecule has 2 rings (SSSR count). The van der Waals surface area contributed by atoms with Gasteiger partial charge >= 0.3 is 0 Å². The van der Waals surface area contributed by atoms with Crippen LogP contribution in [0.15, 0.2) is 24.3 Å². The first-order valence-corrected chi connectivity index (χ1v) is 9.72. The number of nitrogens with zero attached hydrogens (tertiary/aromatic N) is 2. The van der Waals surface area contributed by atoms with Crippen LogP contribution in [-0.4, -0.2) is 47.9 Å². The minimum Gasteiger partial charge on any atom is -0.341 e. The molecule has 0 saturated carbocycles. The largest absolute Gasteiger partial charge is 0.341 e. The van der Waals surface area contributed by atoms with Crippen LogP contribution in [0.1, 0.15) is 58.1 Å². The van der Waals surface area contributed by atoms with E-state index in [1.165, 1.54) is 11.1 Å². The van der Waals surface area contributed by atoms with Crippen LogP contribution < -0.4 is 5.32 Å². The molecule has 1 aliphatic rings. The van der Waals surface area contributed by atoms with Crippen molar-refractivity contribution in [1.29, 1.82) is 0 Å². The molecule has 0 unspecified atom stereocenters. The zero-order valence-electron chi connectivity index (χ0n) is 17.7. The van der Waals surface area contributed by atoms with Gasteiger partial charge in [-0.25, -0.2) is 0 Å². The number of piperidine rings is 1. The molecule has 1 fully saturated rings. The second kappa shape index (κ2) is 8.10. The number of hydrogen-bond donors (Lipinski definition) is 1. The van der Waals surface area contributed by atoms with Gasteiger partial charge in [0.15, 0.2) is 0 Å². The van der Waals surface area contributed by atoms with Crippen molar-refractivity contribution in [3.8, 4) is 0 Å². The van der Waals surface area contributed by atoms with E-state index in [1.54, 1.807) is 0 Å². The minimum atomic E-state index is 0.0869. The van der Waals surface area contributed by atoms with Crippen LogP contribution in [0.4, 0.5) is 0 Å². The highest BCUT2D eigenvalue weighted by atomic mass is 16.2. The molecular weight excluding hydrogens is 322 g/mol. The number of hydrogen-bond acceptors (Lipinski definition) is 3. The maximum atomic E-state index is 12.9. The lowest BCUT2D eigenvalue weighted by atomic mass is 9.74. The molecule has 1 N–H and O–H groups in total. The monoisotopic (exact) mass is 359 g/mol. The van der Waals surface area contributed by atoms with Crippen molar-refractivity contribution in [2.45, 2.75) is 71.1 Å². The second-order valence-electron chi connectivity index (χ2n) is 9.63. The van der Waals surface area contributed by atoms with Crippen molar-refractivity contribution in [3.05, 3.63) is 35.4 Å². The molecule has 1 aromatic rings. The molecule has 0 spiro atoms. The smallest absolute Gasteiger partial charge is 0.222 e. The van der Waals surface area contributed by atoms with E-state index in [0.29, 0.717) is 18.9 Å². The molecule has 4 nitrogen and oxygen atoms in total. The van der Waals surface area contributed by atoms with Crippen LogP contribution in [0.3, 0.4) is 0 Å². The molecule has 1 amide bonds. The van der Waals surface area contributed by atoms with E-state index in [1.807, 2.05) is 11.9 Å². The van der Waals surface area contributed by atoms with Crippen molar-refractivity contribution < 1.29 is 4.79 Å². The summed E-state index contributed by atoms with van der Waals surface area (Å²) in [5.41, 5.74) is 2.71. The van der Waals surface area contributed by atoms with Gasteiger partial charge in [-0.3, -0.25) is 4.79 Å². The Labute approximate surface area is 159 Å². The van der Waals surface area contributed by atoms with Gasteiger partial charge in [0.2, 0.25) is 5.91 Å². The normalized spacial score (nSPS) is 19.5. The summed E-state index contributed by atoms with van der Waals surface area (Å²) in [6, 6.07) is 8.43. The highest BCUT2D eigenvalue weighted by Gasteiger charge is 2.38. The van der Waals surface area contributed by atoms with Crippen LogP contribution in [-0.2, 0) is 17.9 Å². The maximum absolute atomic E-state index is 12.9. The quantitative estimate of drug-likeness (QED) is 0.842. The summed E-state index contributed by atoms with van der Waals surface area (Å²) in [5, 5.41) is 3.70. The van der Waals surface area contributed by atoms with Crippen LogP contribution in [0.5, 0.6) is 0 Å². The third kappa shape index (κ3) is 6.10. The second-order valence-corrected chi connectivity index (χ2v) is 9.63. The number of benzene rings is 1. The predicted molar refractivity (Wildman–Crippen MR) is 109 cm³/mol. The summed E-state index contributed by atoms with van der Waals surface area (Å²) in [5.74, 6) is 0.691. The Hall–Kier alpha value is -1.39. The first-order valence-electron chi connectivity index (χ1n) is 9.72. The molecular formula is C22H37N3O. The van der Waals surface area contributed by atoms with Crippen molar-refractivity contribution in [1.82, 2.24) is 15.1 Å². The van der Waals surface area contributed by atoms with Gasteiger partial charge in [0.05, 0.1) is 0 Å². The highest BCUT2D eigenvalue weighted by molar-refractivity contribution is 5.76. The van der Waals surface area contributed by atoms with Crippen molar-refractivity contribution >= 4 is 5.91 Å². The van der Waals surface area contributed by atoms with Gasteiger partial charge in [0.1, 0.15) is 0 Å². The first kappa shape index (κ1) is 20.9. The van der Waals surface area contributed by atoms with Gasteiger partial charge in [-0.1, -0.05) is 24.3 Å². The van der Waals surface area contributed by atoms with Gasteiger partial charge in [0, 0.05) is 37.6 Å². The van der Waals surface area contributed by atoms with Gasteiger partial charge in [-0.15, -0.1) is 0 Å². The molecule has 0 atom stereocenters. The molecule has 0 bridgehead atoms. The fraction of sp³-hybridized carbons (Fsp3) is 0.682. The molecule has 1 heterocycles. The van der Waals surface area contributed by atoms with Gasteiger partial charge in [-0.05, 0) is 71.7 Å². The van der Waals surface area contributed by atoms with E-state index in [-0.39, 0.29) is 17.0 Å². The number of nitrogens with one attached hydrogen (secondary N) is 1. The zero-order chi connectivity index (χ0) is 19.5. The number of carbonyl (C=O) groups is 1. The molecule has 1 aliphatic heterocycles. The van der Waals surface area contributed by atoms with E-state index in [9.17, 15) is 4.79 Å². The summed E-state index contributed by atoms with van der Waals surface area (Å²) < 4.78 is 0. The Morgan fingerprint density at radius 3 is 2.00 bits per heavy atom. The Bertz CT molecular complexity index is 606. The van der Waals surface area contributed by atoms with E-state index >= 15 is 0 Å². The average Bonchev–Trinajstić information content (AvgIpc) is 2.45. The Morgan fingerprint density at radius 1 is 1.00 bits per heavy atom. The van der Waals surface area contributed by atoms with Gasteiger partial charge < -0.3 is 15.1 Å². The van der Waals surface area contributed by atoms with Gasteiger partial charge in [-0.2, -0.15) is 0 Å². The number of amides is 1. The van der Waals surface area contributed by atoms with E-state index in [2.05, 4.69) is 76.3 Å². The van der Waals surface area contributed by atoms with Crippen LogP contribution in [0, 0.1) is 5.92 Å². The standard InChI is InChI=1S/C22H37N3O/c1-21(2)13-17(14-22(3,4)23-21)12-20(26)25(7)16-19-11-9-8-10-18(19)15-24(5)6/h8-11,17,23H,12-16H2,1-7H3. The fourth-order valence-electron chi connectivity index (χ4n) is 4.63. The number of carbonyl (C=O) groups excluding carboxylic acids is 1. The number of rotatable bonds is 6. The molecule has 0 radical (unpaired) electrons. The summed E-state index contributed by atoms with van der Waals surface area (Å²) >= 11 is 0. The van der Waals surface area contributed by atoms with Crippen molar-refractivity contribution in [2.75, 3.05) is 21.1 Å². The van der Waals surface area contributed by atoms with Crippen molar-refractivity contribution in [2.24, 2.45) is 5.92 Å². The lowest BCUT2D eigenvalue weighted by molar-refractivity contribution is -0.132. The molecule has 0 aliphatic carbocycles. The summed E-state index contributed by atoms with van der Waals surface area (Å²) in [6.45, 7) is 10.5. The molecule has 4 heteroatoms. The summed E-state index contributed by atoms with van der Waals surface area (Å²) in [7, 11) is 6.09. The van der Waals surface area contributed by atoms with Crippen molar-refractivity contribution in [3.63, 3.8) is 0 Å². The first-order chi connectivity index (χ1) is 12.0. The van der Waals surface area contributed by atoms with Crippen LogP contribution in [0.2, 0.25) is 0 Å². The lowest BCUT2D eigenvalue weighted by Gasteiger charge is -2.46. The minimum absolute atomic E-state index is 0.0869. The van der Waals surface area contributed by atoms with Crippen LogP contribution in [0.25, 0.3) is 0 Å². The van der Waals surface area contributed by atoms with Gasteiger partial charge in [0.25, 0.3) is 0 Å². The fourth-order valence-corrected chi connectivity index (χ4v) is 4.63. The zero-order valence-corrected chi connectivity index (χ0v) is 17.7. The third-order valence-electron chi connectivity index (χ3n) is 5.18. The Kier molecular flexibility index (Phi) is 6.51. The molecule has 1 aromatic carbocycles. The Morgan fingerprint density at radius 2 is 1.50 bits per heavy atom. The van der Waals surface area contributed by atoms with E-state index < -0.39 is 0 Å². The molecule has 0 aromatic heterocycles.